The largest absolute Gasteiger partial charge is 0.481 e. The average molecular weight is 312 g/mol. The number of carbonyl (C=O) groups excluding carboxylic acids is 1. The fourth-order valence-corrected chi connectivity index (χ4v) is 2.68. The van der Waals surface area contributed by atoms with Gasteiger partial charge in [-0.05, 0) is 37.1 Å². The summed E-state index contributed by atoms with van der Waals surface area (Å²) in [6, 6.07) is 4.74. The van der Waals surface area contributed by atoms with Crippen LogP contribution in [0.15, 0.2) is 18.2 Å². The predicted octanol–water partition coefficient (Wildman–Crippen LogP) is 1.03. The van der Waals surface area contributed by atoms with Gasteiger partial charge in [0, 0.05) is 5.69 Å². The molecule has 1 aliphatic rings. The number of aryl methyl sites for hydroxylation is 1. The van der Waals surface area contributed by atoms with Crippen LogP contribution in [0.5, 0.6) is 0 Å². The van der Waals surface area contributed by atoms with Crippen LogP contribution in [0.1, 0.15) is 12.0 Å². The summed E-state index contributed by atoms with van der Waals surface area (Å²) in [7, 11) is -3.36. The minimum Gasteiger partial charge on any atom is -0.481 e. The normalized spacial score (nSPS) is 20.7. The molecule has 1 aromatic rings. The molecule has 0 heterocycles. The van der Waals surface area contributed by atoms with Gasteiger partial charge in [0.15, 0.2) is 0 Å². The Kier molecular flexibility index (Phi) is 3.91. The summed E-state index contributed by atoms with van der Waals surface area (Å²) >= 11 is 0. The molecule has 0 saturated heterocycles. The van der Waals surface area contributed by atoms with E-state index in [9.17, 15) is 18.0 Å². The number of hydrogen-bond acceptors (Lipinski definition) is 4. The van der Waals surface area contributed by atoms with Crippen molar-refractivity contribution < 1.29 is 23.1 Å². The zero-order valence-corrected chi connectivity index (χ0v) is 12.4. The molecule has 0 radical (unpaired) electrons. The molecule has 0 aromatic heterocycles. The quantitative estimate of drug-likeness (QED) is 0.751. The van der Waals surface area contributed by atoms with E-state index < -0.39 is 27.8 Å². The minimum atomic E-state index is -3.36. The van der Waals surface area contributed by atoms with Gasteiger partial charge in [0.25, 0.3) is 0 Å². The summed E-state index contributed by atoms with van der Waals surface area (Å²) in [5.74, 6) is -2.38. The molecule has 2 unspecified atom stereocenters. The van der Waals surface area contributed by atoms with Crippen LogP contribution in [-0.4, -0.2) is 31.7 Å². The lowest BCUT2D eigenvalue weighted by molar-refractivity contribution is -0.139. The van der Waals surface area contributed by atoms with Gasteiger partial charge < -0.3 is 10.4 Å². The van der Waals surface area contributed by atoms with Crippen LogP contribution in [0, 0.1) is 18.8 Å². The molecule has 0 bridgehead atoms. The smallest absolute Gasteiger partial charge is 0.307 e. The number of benzene rings is 1. The van der Waals surface area contributed by atoms with Crippen LogP contribution in [0.3, 0.4) is 0 Å². The Bertz CT molecular complexity index is 699. The molecule has 1 fully saturated rings. The number of carboxylic acids is 1. The number of sulfonamides is 1. The van der Waals surface area contributed by atoms with Crippen molar-refractivity contribution in [3.63, 3.8) is 0 Å². The lowest BCUT2D eigenvalue weighted by atomic mass is 10.2. The van der Waals surface area contributed by atoms with Crippen molar-refractivity contribution in [2.75, 3.05) is 16.3 Å². The van der Waals surface area contributed by atoms with Crippen LogP contribution in [0.4, 0.5) is 11.4 Å². The van der Waals surface area contributed by atoms with Gasteiger partial charge in [-0.15, -0.1) is 0 Å². The second kappa shape index (κ2) is 5.36. The molecule has 1 saturated carbocycles. The average Bonchev–Trinajstić information content (AvgIpc) is 3.11. The Morgan fingerprint density at radius 1 is 1.29 bits per heavy atom. The fraction of sp³-hybridized carbons (Fsp3) is 0.385. The van der Waals surface area contributed by atoms with Gasteiger partial charge in [-0.1, -0.05) is 0 Å². The van der Waals surface area contributed by atoms with Crippen LogP contribution in [0.2, 0.25) is 0 Å². The van der Waals surface area contributed by atoms with E-state index in [0.717, 1.165) is 6.26 Å². The number of hydrogen-bond donors (Lipinski definition) is 3. The van der Waals surface area contributed by atoms with Crippen LogP contribution in [0.25, 0.3) is 0 Å². The maximum atomic E-state index is 11.8. The molecule has 1 aliphatic carbocycles. The Balaban J connectivity index is 2.04. The summed E-state index contributed by atoms with van der Waals surface area (Å²) in [6.07, 6.45) is 1.41. The maximum absolute atomic E-state index is 11.8. The van der Waals surface area contributed by atoms with Crippen molar-refractivity contribution in [2.45, 2.75) is 13.3 Å². The Morgan fingerprint density at radius 3 is 2.43 bits per heavy atom. The number of rotatable bonds is 5. The van der Waals surface area contributed by atoms with E-state index in [1.165, 1.54) is 0 Å². The first-order chi connectivity index (χ1) is 9.67. The first kappa shape index (κ1) is 15.3. The minimum absolute atomic E-state index is 0.328. The van der Waals surface area contributed by atoms with E-state index in [4.69, 9.17) is 5.11 Å². The van der Waals surface area contributed by atoms with Crippen molar-refractivity contribution >= 4 is 33.3 Å². The van der Waals surface area contributed by atoms with Crippen molar-refractivity contribution in [1.29, 1.82) is 0 Å². The number of carbonyl (C=O) groups is 2. The topological polar surface area (TPSA) is 113 Å². The molecular formula is C13H16N2O5S. The highest BCUT2D eigenvalue weighted by Crippen LogP contribution is 2.39. The zero-order chi connectivity index (χ0) is 15.8. The van der Waals surface area contributed by atoms with Crippen LogP contribution in [-0.2, 0) is 19.6 Å². The molecule has 2 rings (SSSR count). The number of anilines is 2. The maximum Gasteiger partial charge on any atom is 0.307 e. The number of carboxylic acid groups (broad SMARTS) is 1. The van der Waals surface area contributed by atoms with Gasteiger partial charge >= 0.3 is 5.97 Å². The monoisotopic (exact) mass is 312 g/mol. The van der Waals surface area contributed by atoms with E-state index in [-0.39, 0.29) is 5.91 Å². The van der Waals surface area contributed by atoms with Crippen molar-refractivity contribution in [3.05, 3.63) is 23.8 Å². The Hall–Kier alpha value is -2.09. The van der Waals surface area contributed by atoms with Gasteiger partial charge in [-0.2, -0.15) is 0 Å². The summed E-state index contributed by atoms with van der Waals surface area (Å²) in [6.45, 7) is 1.71. The third-order valence-electron chi connectivity index (χ3n) is 3.23. The highest BCUT2D eigenvalue weighted by molar-refractivity contribution is 7.92. The van der Waals surface area contributed by atoms with Gasteiger partial charge in [0.2, 0.25) is 15.9 Å². The Labute approximate surface area is 122 Å². The first-order valence-corrected chi connectivity index (χ1v) is 8.18. The molecule has 114 valence electrons. The molecule has 1 amide bonds. The third kappa shape index (κ3) is 3.94. The predicted molar refractivity (Wildman–Crippen MR) is 77.5 cm³/mol. The second-order valence-electron chi connectivity index (χ2n) is 5.18. The number of aliphatic carboxylic acids is 1. The first-order valence-electron chi connectivity index (χ1n) is 6.29. The van der Waals surface area contributed by atoms with Crippen LogP contribution < -0.4 is 10.0 Å². The lowest BCUT2D eigenvalue weighted by Crippen LogP contribution is -2.17. The van der Waals surface area contributed by atoms with Gasteiger partial charge in [0.1, 0.15) is 0 Å². The SMILES string of the molecule is Cc1cc(NC(=O)C2CC2C(=O)O)ccc1NS(C)(=O)=O. The molecule has 0 aliphatic heterocycles. The molecule has 0 spiro atoms. The molecule has 7 nitrogen and oxygen atoms in total. The molecular weight excluding hydrogens is 296 g/mol. The summed E-state index contributed by atoms with van der Waals surface area (Å²) in [4.78, 5) is 22.5. The number of nitrogens with one attached hydrogen (secondary N) is 2. The van der Waals surface area contributed by atoms with E-state index in [0.29, 0.717) is 23.4 Å². The zero-order valence-electron chi connectivity index (χ0n) is 11.6. The summed E-state index contributed by atoms with van der Waals surface area (Å²) in [5.41, 5.74) is 1.60. The van der Waals surface area contributed by atoms with Crippen molar-refractivity contribution in [2.24, 2.45) is 11.8 Å². The number of amides is 1. The Morgan fingerprint density at radius 2 is 1.95 bits per heavy atom. The van der Waals surface area contributed by atoms with E-state index >= 15 is 0 Å². The fourth-order valence-electron chi connectivity index (χ4n) is 2.05. The van der Waals surface area contributed by atoms with E-state index in [2.05, 4.69) is 10.0 Å². The van der Waals surface area contributed by atoms with Gasteiger partial charge in [0.05, 0.1) is 23.8 Å². The third-order valence-corrected chi connectivity index (χ3v) is 3.82. The summed E-state index contributed by atoms with van der Waals surface area (Å²) < 4.78 is 24.7. The lowest BCUT2D eigenvalue weighted by Gasteiger charge is -2.10. The highest BCUT2D eigenvalue weighted by atomic mass is 32.2. The van der Waals surface area contributed by atoms with Gasteiger partial charge in [-0.25, -0.2) is 8.42 Å². The highest BCUT2D eigenvalue weighted by Gasteiger charge is 2.48. The van der Waals surface area contributed by atoms with Crippen LogP contribution >= 0.6 is 0 Å². The van der Waals surface area contributed by atoms with E-state index in [1.54, 1.807) is 25.1 Å². The second-order valence-corrected chi connectivity index (χ2v) is 6.93. The molecule has 3 N–H and O–H groups in total. The summed E-state index contributed by atoms with van der Waals surface area (Å²) in [5, 5.41) is 11.4. The molecule has 21 heavy (non-hydrogen) atoms. The molecule has 1 aromatic carbocycles. The van der Waals surface area contributed by atoms with Gasteiger partial charge in [-0.3, -0.25) is 14.3 Å². The standard InChI is InChI=1S/C13H16N2O5S/c1-7-5-8(3-4-11(7)15-21(2,19)20)14-12(16)9-6-10(9)13(17)18/h3-5,9-10,15H,6H2,1-2H3,(H,14,16)(H,17,18). The van der Waals surface area contributed by atoms with Crippen molar-refractivity contribution in [3.8, 4) is 0 Å². The molecule has 8 heteroatoms. The van der Waals surface area contributed by atoms with Crippen molar-refractivity contribution in [1.82, 2.24) is 0 Å². The van der Waals surface area contributed by atoms with E-state index in [1.807, 2.05) is 0 Å². The molecule has 2 atom stereocenters.